The molecule has 0 amide bonds. The molecule has 0 saturated heterocycles. The van der Waals surface area contributed by atoms with E-state index < -0.39 is 0 Å². The zero-order valence-corrected chi connectivity index (χ0v) is 10.6. The molecule has 0 radical (unpaired) electrons. The number of pyridine rings is 1. The van der Waals surface area contributed by atoms with Crippen LogP contribution in [0.4, 0.5) is 5.82 Å². The number of nitrogens with zero attached hydrogens (tertiary/aromatic N) is 2. The van der Waals surface area contributed by atoms with Gasteiger partial charge in [0.05, 0.1) is 22.5 Å². The predicted molar refractivity (Wildman–Crippen MR) is 69.2 cm³/mol. The third-order valence-corrected chi connectivity index (χ3v) is 2.75. The Kier molecular flexibility index (Phi) is 3.89. The van der Waals surface area contributed by atoms with E-state index in [9.17, 15) is 0 Å². The summed E-state index contributed by atoms with van der Waals surface area (Å²) in [5.41, 5.74) is 2.64. The molecule has 88 valence electrons. The van der Waals surface area contributed by atoms with Gasteiger partial charge < -0.3 is 4.42 Å². The maximum absolute atomic E-state index is 5.90. The fourth-order valence-corrected chi connectivity index (χ4v) is 1.58. The van der Waals surface area contributed by atoms with Crippen molar-refractivity contribution in [2.24, 2.45) is 5.10 Å². The Bertz CT molecular complexity index is 540. The first-order chi connectivity index (χ1) is 8.16. The van der Waals surface area contributed by atoms with Crippen molar-refractivity contribution in [2.75, 3.05) is 5.43 Å². The van der Waals surface area contributed by atoms with Gasteiger partial charge in [0, 0.05) is 0 Å². The lowest BCUT2D eigenvalue weighted by atomic mass is 10.4. The minimum atomic E-state index is 0.159. The highest BCUT2D eigenvalue weighted by atomic mass is 35.5. The number of furan rings is 1. The molecular formula is C10H6Cl3N3O. The molecule has 0 aliphatic rings. The maximum Gasteiger partial charge on any atom is 0.166 e. The summed E-state index contributed by atoms with van der Waals surface area (Å²) in [6.07, 6.45) is 3.03. The molecule has 0 aliphatic heterocycles. The van der Waals surface area contributed by atoms with E-state index in [0.29, 0.717) is 16.6 Å². The van der Waals surface area contributed by atoms with E-state index in [-0.39, 0.29) is 10.2 Å². The van der Waals surface area contributed by atoms with Gasteiger partial charge in [0.15, 0.2) is 5.82 Å². The SMILES string of the molecule is Clc1cc(Cl)c(N/N=C/c2ccco2)nc1Cl. The van der Waals surface area contributed by atoms with Gasteiger partial charge >= 0.3 is 0 Å². The molecule has 2 aromatic heterocycles. The molecule has 2 heterocycles. The molecule has 0 unspecified atom stereocenters. The zero-order chi connectivity index (χ0) is 12.3. The molecule has 0 atom stereocenters. The monoisotopic (exact) mass is 289 g/mol. The average Bonchev–Trinajstić information content (AvgIpc) is 2.78. The average molecular weight is 291 g/mol. The highest BCUT2D eigenvalue weighted by Crippen LogP contribution is 2.28. The van der Waals surface area contributed by atoms with Crippen LogP contribution in [0.3, 0.4) is 0 Å². The van der Waals surface area contributed by atoms with Gasteiger partial charge in [-0.2, -0.15) is 5.10 Å². The molecule has 17 heavy (non-hydrogen) atoms. The molecule has 0 fully saturated rings. The molecule has 7 heteroatoms. The zero-order valence-electron chi connectivity index (χ0n) is 8.32. The van der Waals surface area contributed by atoms with Gasteiger partial charge in [0.25, 0.3) is 0 Å². The van der Waals surface area contributed by atoms with E-state index in [4.69, 9.17) is 39.2 Å². The van der Waals surface area contributed by atoms with Crippen molar-refractivity contribution in [2.45, 2.75) is 0 Å². The van der Waals surface area contributed by atoms with Crippen LogP contribution >= 0.6 is 34.8 Å². The highest BCUT2D eigenvalue weighted by Gasteiger charge is 2.06. The number of rotatable bonds is 3. The number of hydrogen-bond acceptors (Lipinski definition) is 4. The van der Waals surface area contributed by atoms with Gasteiger partial charge in [0.2, 0.25) is 0 Å². The van der Waals surface area contributed by atoms with Gasteiger partial charge in [0.1, 0.15) is 10.9 Å². The number of aromatic nitrogens is 1. The second-order valence-corrected chi connectivity index (χ2v) is 4.15. The lowest BCUT2D eigenvalue weighted by Gasteiger charge is -2.03. The molecule has 1 N–H and O–H groups in total. The molecule has 0 saturated carbocycles. The van der Waals surface area contributed by atoms with E-state index in [1.165, 1.54) is 12.3 Å². The summed E-state index contributed by atoms with van der Waals surface area (Å²) in [5, 5.41) is 4.68. The van der Waals surface area contributed by atoms with Gasteiger partial charge in [-0.05, 0) is 18.2 Å². The number of hydrogen-bond donors (Lipinski definition) is 1. The molecule has 0 aromatic carbocycles. The fourth-order valence-electron chi connectivity index (χ4n) is 1.04. The van der Waals surface area contributed by atoms with Crippen LogP contribution in [0.5, 0.6) is 0 Å². The Morgan fingerprint density at radius 2 is 2.12 bits per heavy atom. The van der Waals surface area contributed by atoms with E-state index >= 15 is 0 Å². The van der Waals surface area contributed by atoms with Crippen molar-refractivity contribution < 1.29 is 4.42 Å². The van der Waals surface area contributed by atoms with E-state index in [2.05, 4.69) is 15.5 Å². The summed E-state index contributed by atoms with van der Waals surface area (Å²) in [7, 11) is 0. The van der Waals surface area contributed by atoms with Crippen LogP contribution in [0.15, 0.2) is 34.0 Å². The molecular weight excluding hydrogens is 284 g/mol. The smallest absolute Gasteiger partial charge is 0.166 e. The Labute approximate surface area is 112 Å². The number of hydrazone groups is 1. The Morgan fingerprint density at radius 1 is 1.29 bits per heavy atom. The highest BCUT2D eigenvalue weighted by molar-refractivity contribution is 6.42. The maximum atomic E-state index is 5.90. The minimum Gasteiger partial charge on any atom is -0.463 e. The largest absolute Gasteiger partial charge is 0.463 e. The number of anilines is 1. The Morgan fingerprint density at radius 3 is 2.82 bits per heavy atom. The van der Waals surface area contributed by atoms with E-state index in [0.717, 1.165) is 0 Å². The van der Waals surface area contributed by atoms with Crippen LogP contribution in [0.1, 0.15) is 5.76 Å². The van der Waals surface area contributed by atoms with Crippen LogP contribution in [0, 0.1) is 0 Å². The third-order valence-electron chi connectivity index (χ3n) is 1.79. The first-order valence-corrected chi connectivity index (χ1v) is 5.64. The fraction of sp³-hybridized carbons (Fsp3) is 0. The molecule has 2 rings (SSSR count). The lowest BCUT2D eigenvalue weighted by Crippen LogP contribution is -1.94. The molecule has 0 aliphatic carbocycles. The normalized spacial score (nSPS) is 11.0. The van der Waals surface area contributed by atoms with Gasteiger partial charge in [-0.25, -0.2) is 4.98 Å². The van der Waals surface area contributed by atoms with Crippen molar-refractivity contribution in [3.63, 3.8) is 0 Å². The molecule has 4 nitrogen and oxygen atoms in total. The van der Waals surface area contributed by atoms with Crippen molar-refractivity contribution >= 4 is 46.8 Å². The Hall–Kier alpha value is -1.23. The van der Waals surface area contributed by atoms with Crippen LogP contribution in [0.2, 0.25) is 15.2 Å². The van der Waals surface area contributed by atoms with Gasteiger partial charge in [-0.1, -0.05) is 34.8 Å². The third kappa shape index (κ3) is 3.12. The lowest BCUT2D eigenvalue weighted by molar-refractivity contribution is 0.560. The minimum absolute atomic E-state index is 0.159. The molecule has 0 spiro atoms. The van der Waals surface area contributed by atoms with Crippen LogP contribution in [0.25, 0.3) is 0 Å². The molecule has 0 bridgehead atoms. The quantitative estimate of drug-likeness (QED) is 0.526. The second-order valence-electron chi connectivity index (χ2n) is 2.98. The standard InChI is InChI=1S/C10H6Cl3N3O/c11-7-4-8(12)10(15-9(7)13)16-14-5-6-2-1-3-17-6/h1-5H,(H,15,16)/b14-5+. The molecule has 2 aromatic rings. The summed E-state index contributed by atoms with van der Waals surface area (Å²) in [4.78, 5) is 3.94. The van der Waals surface area contributed by atoms with Crippen LogP contribution < -0.4 is 5.43 Å². The first kappa shape index (κ1) is 12.2. The predicted octanol–water partition coefficient (Wildman–Crippen LogP) is 4.08. The topological polar surface area (TPSA) is 50.4 Å². The van der Waals surface area contributed by atoms with Crippen molar-refractivity contribution in [1.29, 1.82) is 0 Å². The second kappa shape index (κ2) is 5.40. The summed E-state index contributed by atoms with van der Waals surface area (Å²) >= 11 is 17.4. The summed E-state index contributed by atoms with van der Waals surface area (Å²) in [6, 6.07) is 5.00. The summed E-state index contributed by atoms with van der Waals surface area (Å²) in [5.74, 6) is 0.928. The van der Waals surface area contributed by atoms with Crippen molar-refractivity contribution in [1.82, 2.24) is 4.98 Å². The van der Waals surface area contributed by atoms with Crippen molar-refractivity contribution in [3.8, 4) is 0 Å². The van der Waals surface area contributed by atoms with Crippen LogP contribution in [-0.2, 0) is 0 Å². The van der Waals surface area contributed by atoms with E-state index in [1.807, 2.05) is 0 Å². The van der Waals surface area contributed by atoms with Crippen molar-refractivity contribution in [3.05, 3.63) is 45.4 Å². The Balaban J connectivity index is 2.11. The summed E-state index contributed by atoms with van der Waals surface area (Å²) < 4.78 is 5.05. The van der Waals surface area contributed by atoms with Gasteiger partial charge in [-0.15, -0.1) is 0 Å². The number of halogens is 3. The summed E-state index contributed by atoms with van der Waals surface area (Å²) in [6.45, 7) is 0. The first-order valence-electron chi connectivity index (χ1n) is 4.51. The van der Waals surface area contributed by atoms with Gasteiger partial charge in [-0.3, -0.25) is 5.43 Å². The van der Waals surface area contributed by atoms with E-state index in [1.54, 1.807) is 18.4 Å². The number of nitrogens with one attached hydrogen (secondary N) is 1. The van der Waals surface area contributed by atoms with Crippen LogP contribution in [-0.4, -0.2) is 11.2 Å².